The maximum Gasteiger partial charge on any atom is 0.328 e. The van der Waals surface area contributed by atoms with Gasteiger partial charge in [0.05, 0.1) is 4.90 Å². The number of aryl methyl sites for hydroxylation is 1. The number of fused-ring (bicyclic) bond motifs is 5. The molecule has 0 heterocycles. The highest BCUT2D eigenvalue weighted by molar-refractivity contribution is 7.90. The fourth-order valence-corrected chi connectivity index (χ4v) is 6.25. The molecule has 5 nitrogen and oxygen atoms in total. The number of carbonyl (C=O) groups is 1. The zero-order valence-corrected chi connectivity index (χ0v) is 14.7. The number of carbonyl (C=O) groups excluding carboxylic acids is 1. The van der Waals surface area contributed by atoms with Crippen LogP contribution in [-0.2, 0) is 10.0 Å². The highest BCUT2D eigenvalue weighted by Gasteiger charge is 2.54. The molecule has 0 radical (unpaired) electrons. The highest BCUT2D eigenvalue weighted by Crippen LogP contribution is 2.58. The van der Waals surface area contributed by atoms with Crippen LogP contribution in [0.3, 0.4) is 0 Å². The van der Waals surface area contributed by atoms with E-state index in [1.807, 2.05) is 6.92 Å². The third kappa shape index (κ3) is 2.70. The molecule has 3 aliphatic carbocycles. The molecule has 1 aromatic carbocycles. The molecule has 3 aliphatic rings. The molecular weight excluding hydrogens is 324 g/mol. The van der Waals surface area contributed by atoms with Crippen molar-refractivity contribution in [3.63, 3.8) is 0 Å². The first-order valence-electron chi connectivity index (χ1n) is 8.84. The molecule has 3 fully saturated rings. The second kappa shape index (κ2) is 5.76. The van der Waals surface area contributed by atoms with Gasteiger partial charge in [0, 0.05) is 6.04 Å². The standard InChI is InChI=1S/C18H24N2O3S/c1-11-5-7-13(8-6-11)24(22,23)20-18(21)19-17-10-12-9-16(17)15-4-2-3-14(12)15/h5-8,12,14-17H,2-4,9-10H2,1H3,(H2,19,20,21)/t12-,14-,15-,16-,17-/m1/s1. The average molecular weight is 348 g/mol. The molecule has 6 heteroatoms. The topological polar surface area (TPSA) is 75.3 Å². The summed E-state index contributed by atoms with van der Waals surface area (Å²) in [6.45, 7) is 1.89. The quantitative estimate of drug-likeness (QED) is 0.882. The Kier molecular flexibility index (Phi) is 3.82. The summed E-state index contributed by atoms with van der Waals surface area (Å²) in [5, 5.41) is 2.93. The molecule has 0 aromatic heterocycles. The van der Waals surface area contributed by atoms with Crippen molar-refractivity contribution in [1.82, 2.24) is 10.0 Å². The third-order valence-electron chi connectivity index (χ3n) is 6.30. The van der Waals surface area contributed by atoms with Gasteiger partial charge in [0.25, 0.3) is 10.0 Å². The first kappa shape index (κ1) is 15.9. The van der Waals surface area contributed by atoms with Crippen LogP contribution in [0, 0.1) is 30.6 Å². The van der Waals surface area contributed by atoms with Gasteiger partial charge in [0.2, 0.25) is 0 Å². The number of benzene rings is 1. The lowest BCUT2D eigenvalue weighted by Crippen LogP contribution is -2.48. The summed E-state index contributed by atoms with van der Waals surface area (Å²) in [5.41, 5.74) is 0.978. The van der Waals surface area contributed by atoms with E-state index in [1.165, 1.54) is 37.8 Å². The van der Waals surface area contributed by atoms with Crippen LogP contribution < -0.4 is 10.0 Å². The van der Waals surface area contributed by atoms with Gasteiger partial charge < -0.3 is 5.32 Å². The molecule has 3 saturated carbocycles. The Morgan fingerprint density at radius 2 is 1.75 bits per heavy atom. The van der Waals surface area contributed by atoms with E-state index in [0.29, 0.717) is 5.92 Å². The van der Waals surface area contributed by atoms with E-state index in [0.717, 1.165) is 29.7 Å². The van der Waals surface area contributed by atoms with Crippen LogP contribution in [0.5, 0.6) is 0 Å². The first-order valence-corrected chi connectivity index (χ1v) is 10.3. The summed E-state index contributed by atoms with van der Waals surface area (Å²) in [6, 6.07) is 6.02. The van der Waals surface area contributed by atoms with E-state index < -0.39 is 16.1 Å². The number of nitrogens with one attached hydrogen (secondary N) is 2. The van der Waals surface area contributed by atoms with Crippen molar-refractivity contribution in [3.8, 4) is 0 Å². The molecule has 2 N–H and O–H groups in total. The Morgan fingerprint density at radius 3 is 2.50 bits per heavy atom. The molecule has 0 aliphatic heterocycles. The van der Waals surface area contributed by atoms with Crippen molar-refractivity contribution in [2.45, 2.75) is 50.0 Å². The second-order valence-electron chi connectivity index (χ2n) is 7.65. The molecule has 4 rings (SSSR count). The minimum absolute atomic E-state index is 0.118. The summed E-state index contributed by atoms with van der Waals surface area (Å²) in [4.78, 5) is 12.3. The minimum atomic E-state index is -3.81. The van der Waals surface area contributed by atoms with Crippen LogP contribution in [0.2, 0.25) is 0 Å². The summed E-state index contributed by atoms with van der Waals surface area (Å²) in [6.07, 6.45) is 6.12. The van der Waals surface area contributed by atoms with Gasteiger partial charge in [-0.15, -0.1) is 0 Å². The number of hydrogen-bond donors (Lipinski definition) is 2. The molecular formula is C18H24N2O3S. The normalized spacial score (nSPS) is 34.1. The largest absolute Gasteiger partial charge is 0.334 e. The Balaban J connectivity index is 1.40. The zero-order chi connectivity index (χ0) is 16.9. The van der Waals surface area contributed by atoms with Gasteiger partial charge in [0.1, 0.15) is 0 Å². The lowest BCUT2D eigenvalue weighted by molar-refractivity contribution is 0.200. The van der Waals surface area contributed by atoms with E-state index in [2.05, 4.69) is 10.0 Å². The van der Waals surface area contributed by atoms with E-state index in [1.54, 1.807) is 12.1 Å². The van der Waals surface area contributed by atoms with Crippen LogP contribution in [0.25, 0.3) is 0 Å². The van der Waals surface area contributed by atoms with Crippen molar-refractivity contribution in [1.29, 1.82) is 0 Å². The van der Waals surface area contributed by atoms with Crippen LogP contribution in [0.15, 0.2) is 29.2 Å². The summed E-state index contributed by atoms with van der Waals surface area (Å²) < 4.78 is 26.8. The van der Waals surface area contributed by atoms with Crippen LogP contribution >= 0.6 is 0 Å². The lowest BCUT2D eigenvalue weighted by atomic mass is 9.79. The van der Waals surface area contributed by atoms with Gasteiger partial charge in [-0.2, -0.15) is 0 Å². The molecule has 0 spiro atoms. The molecule has 0 saturated heterocycles. The first-order chi connectivity index (χ1) is 11.4. The Hall–Kier alpha value is -1.56. The SMILES string of the molecule is Cc1ccc(S(=O)(=O)NC(=O)N[C@@H]2C[C@H]3C[C@@H]2[C@@H]2CCC[C@H]32)cc1. The van der Waals surface area contributed by atoms with Crippen LogP contribution in [0.1, 0.15) is 37.7 Å². The molecule has 1 aromatic rings. The van der Waals surface area contributed by atoms with E-state index >= 15 is 0 Å². The van der Waals surface area contributed by atoms with Crippen molar-refractivity contribution < 1.29 is 13.2 Å². The smallest absolute Gasteiger partial charge is 0.328 e. The Bertz CT molecular complexity index is 744. The fourth-order valence-electron chi connectivity index (χ4n) is 5.33. The summed E-state index contributed by atoms with van der Waals surface area (Å²) in [7, 11) is -3.81. The Labute approximate surface area is 143 Å². The number of sulfonamides is 1. The van der Waals surface area contributed by atoms with Crippen molar-refractivity contribution in [3.05, 3.63) is 29.8 Å². The van der Waals surface area contributed by atoms with Gasteiger partial charge in [-0.25, -0.2) is 17.9 Å². The predicted octanol–water partition coefficient (Wildman–Crippen LogP) is 2.81. The molecule has 2 bridgehead atoms. The van der Waals surface area contributed by atoms with Crippen molar-refractivity contribution >= 4 is 16.1 Å². The molecule has 24 heavy (non-hydrogen) atoms. The summed E-state index contributed by atoms with van der Waals surface area (Å²) >= 11 is 0. The van der Waals surface area contributed by atoms with Crippen LogP contribution in [-0.4, -0.2) is 20.5 Å². The van der Waals surface area contributed by atoms with E-state index in [9.17, 15) is 13.2 Å². The van der Waals surface area contributed by atoms with Gasteiger partial charge >= 0.3 is 6.03 Å². The lowest BCUT2D eigenvalue weighted by Gasteiger charge is -2.32. The predicted molar refractivity (Wildman–Crippen MR) is 90.9 cm³/mol. The second-order valence-corrected chi connectivity index (χ2v) is 9.33. The molecule has 0 unspecified atom stereocenters. The number of urea groups is 1. The maximum atomic E-state index is 12.3. The third-order valence-corrected chi connectivity index (χ3v) is 7.65. The number of rotatable bonds is 3. The highest BCUT2D eigenvalue weighted by atomic mass is 32.2. The van der Waals surface area contributed by atoms with Gasteiger partial charge in [0.15, 0.2) is 0 Å². The zero-order valence-electron chi connectivity index (χ0n) is 13.9. The summed E-state index contributed by atoms with van der Waals surface area (Å²) in [5.74, 6) is 2.85. The molecule has 2 amide bonds. The van der Waals surface area contributed by atoms with Gasteiger partial charge in [-0.3, -0.25) is 0 Å². The number of hydrogen-bond acceptors (Lipinski definition) is 3. The Morgan fingerprint density at radius 1 is 1.04 bits per heavy atom. The number of amides is 2. The van der Waals surface area contributed by atoms with E-state index in [4.69, 9.17) is 0 Å². The minimum Gasteiger partial charge on any atom is -0.334 e. The van der Waals surface area contributed by atoms with E-state index in [-0.39, 0.29) is 10.9 Å². The molecule has 5 atom stereocenters. The maximum absolute atomic E-state index is 12.3. The monoisotopic (exact) mass is 348 g/mol. The molecule has 130 valence electrons. The van der Waals surface area contributed by atoms with Crippen molar-refractivity contribution in [2.24, 2.45) is 23.7 Å². The fraction of sp³-hybridized carbons (Fsp3) is 0.611. The van der Waals surface area contributed by atoms with Gasteiger partial charge in [-0.05, 0) is 68.4 Å². The van der Waals surface area contributed by atoms with Crippen molar-refractivity contribution in [2.75, 3.05) is 0 Å². The van der Waals surface area contributed by atoms with Gasteiger partial charge in [-0.1, -0.05) is 24.1 Å². The average Bonchev–Trinajstić information content (AvgIpc) is 3.19. The van der Waals surface area contributed by atoms with Crippen LogP contribution in [0.4, 0.5) is 4.79 Å².